The van der Waals surface area contributed by atoms with Gasteiger partial charge in [-0.15, -0.1) is 0 Å². The monoisotopic (exact) mass is 292 g/mol. The fraction of sp³-hybridized carbons (Fsp3) is 0.400. The molecule has 0 aliphatic heterocycles. The zero-order valence-electron chi connectivity index (χ0n) is 12.5. The molecular formula is C15H20N2O4. The molecule has 0 unspecified atom stereocenters. The number of rotatable bonds is 6. The van der Waals surface area contributed by atoms with Crippen molar-refractivity contribution in [2.75, 3.05) is 26.0 Å². The van der Waals surface area contributed by atoms with Crippen LogP contribution in [-0.2, 0) is 14.3 Å². The highest BCUT2D eigenvalue weighted by Crippen LogP contribution is 2.12. The second-order valence-electron chi connectivity index (χ2n) is 4.63. The van der Waals surface area contributed by atoms with Crippen molar-refractivity contribution in [3.8, 4) is 0 Å². The van der Waals surface area contributed by atoms with Gasteiger partial charge in [-0.2, -0.15) is 0 Å². The molecule has 0 aliphatic rings. The van der Waals surface area contributed by atoms with Gasteiger partial charge in [0.15, 0.2) is 0 Å². The van der Waals surface area contributed by atoms with Gasteiger partial charge in [0.2, 0.25) is 5.91 Å². The summed E-state index contributed by atoms with van der Waals surface area (Å²) in [6.45, 7) is 2.01. The summed E-state index contributed by atoms with van der Waals surface area (Å²) >= 11 is 0. The van der Waals surface area contributed by atoms with Crippen molar-refractivity contribution >= 4 is 23.5 Å². The van der Waals surface area contributed by atoms with Crippen molar-refractivity contribution in [1.82, 2.24) is 4.90 Å². The van der Waals surface area contributed by atoms with Crippen LogP contribution in [0.2, 0.25) is 0 Å². The van der Waals surface area contributed by atoms with Crippen molar-refractivity contribution < 1.29 is 19.1 Å². The Hall–Kier alpha value is -2.37. The van der Waals surface area contributed by atoms with Gasteiger partial charge < -0.3 is 15.0 Å². The first-order chi connectivity index (χ1) is 9.93. The zero-order chi connectivity index (χ0) is 15.8. The molecule has 0 aliphatic carbocycles. The molecule has 0 spiro atoms. The number of nitrogens with zero attached hydrogens (tertiary/aromatic N) is 1. The standard InChI is InChI=1S/C15H20N2O4/c1-4-21-14(19)9-8-13(18)16-12-7-5-6-11(10-12)15(20)17(2)3/h5-7,10H,4,8-9H2,1-3H3,(H,16,18). The molecule has 21 heavy (non-hydrogen) atoms. The predicted octanol–water partition coefficient (Wildman–Crippen LogP) is 1.67. The molecule has 114 valence electrons. The summed E-state index contributed by atoms with van der Waals surface area (Å²) < 4.78 is 4.75. The summed E-state index contributed by atoms with van der Waals surface area (Å²) in [5.41, 5.74) is 1.01. The van der Waals surface area contributed by atoms with Crippen LogP contribution in [0.3, 0.4) is 0 Å². The number of nitrogens with one attached hydrogen (secondary N) is 1. The van der Waals surface area contributed by atoms with E-state index in [1.807, 2.05) is 0 Å². The van der Waals surface area contributed by atoms with Gasteiger partial charge in [0, 0.05) is 31.8 Å². The molecule has 1 aromatic rings. The zero-order valence-corrected chi connectivity index (χ0v) is 12.5. The lowest BCUT2D eigenvalue weighted by Gasteiger charge is -2.11. The quantitative estimate of drug-likeness (QED) is 0.809. The first-order valence-electron chi connectivity index (χ1n) is 6.71. The number of anilines is 1. The summed E-state index contributed by atoms with van der Waals surface area (Å²) in [6.07, 6.45) is 0.0840. The van der Waals surface area contributed by atoms with Crippen LogP contribution in [0.5, 0.6) is 0 Å². The van der Waals surface area contributed by atoms with Crippen molar-refractivity contribution in [3.05, 3.63) is 29.8 Å². The molecule has 1 N–H and O–H groups in total. The van der Waals surface area contributed by atoms with Crippen LogP contribution in [0.4, 0.5) is 5.69 Å². The first kappa shape index (κ1) is 16.7. The van der Waals surface area contributed by atoms with E-state index in [-0.39, 0.29) is 24.7 Å². The Labute approximate surface area is 124 Å². The minimum absolute atomic E-state index is 0.0377. The Kier molecular flexibility index (Phi) is 6.39. The Morgan fingerprint density at radius 3 is 2.52 bits per heavy atom. The van der Waals surface area contributed by atoms with Gasteiger partial charge in [0.1, 0.15) is 0 Å². The summed E-state index contributed by atoms with van der Waals surface area (Å²) in [5, 5.41) is 2.66. The SMILES string of the molecule is CCOC(=O)CCC(=O)Nc1cccc(C(=O)N(C)C)c1. The average molecular weight is 292 g/mol. The minimum atomic E-state index is -0.399. The van der Waals surface area contributed by atoms with E-state index in [0.717, 1.165) is 0 Å². The lowest BCUT2D eigenvalue weighted by molar-refractivity contribution is -0.144. The van der Waals surface area contributed by atoms with Crippen LogP contribution in [0.15, 0.2) is 24.3 Å². The molecule has 6 nitrogen and oxygen atoms in total. The fourth-order valence-corrected chi connectivity index (χ4v) is 1.66. The molecule has 0 aromatic heterocycles. The van der Waals surface area contributed by atoms with Crippen LogP contribution in [-0.4, -0.2) is 43.4 Å². The highest BCUT2D eigenvalue weighted by molar-refractivity contribution is 5.97. The van der Waals surface area contributed by atoms with Gasteiger partial charge in [0.05, 0.1) is 13.0 Å². The number of carbonyl (C=O) groups excluding carboxylic acids is 3. The van der Waals surface area contributed by atoms with Crippen LogP contribution >= 0.6 is 0 Å². The van der Waals surface area contributed by atoms with Gasteiger partial charge in [-0.25, -0.2) is 0 Å². The maximum Gasteiger partial charge on any atom is 0.306 e. The van der Waals surface area contributed by atoms with Crippen LogP contribution < -0.4 is 5.32 Å². The van der Waals surface area contributed by atoms with Gasteiger partial charge in [-0.05, 0) is 25.1 Å². The van der Waals surface area contributed by atoms with Crippen LogP contribution in [0, 0.1) is 0 Å². The lowest BCUT2D eigenvalue weighted by Crippen LogP contribution is -2.22. The summed E-state index contributed by atoms with van der Waals surface area (Å²) in [7, 11) is 3.32. The van der Waals surface area contributed by atoms with E-state index in [1.54, 1.807) is 45.3 Å². The van der Waals surface area contributed by atoms with Gasteiger partial charge in [-0.1, -0.05) is 6.07 Å². The molecule has 0 radical (unpaired) electrons. The van der Waals surface area contributed by atoms with Crippen LogP contribution in [0.25, 0.3) is 0 Å². The summed E-state index contributed by atoms with van der Waals surface area (Å²) in [4.78, 5) is 36.2. The van der Waals surface area contributed by atoms with E-state index >= 15 is 0 Å². The van der Waals surface area contributed by atoms with E-state index in [4.69, 9.17) is 4.74 Å². The number of ether oxygens (including phenoxy) is 1. The molecule has 0 heterocycles. The lowest BCUT2D eigenvalue weighted by atomic mass is 10.1. The number of benzene rings is 1. The number of hydrogen-bond donors (Lipinski definition) is 1. The Balaban J connectivity index is 2.59. The molecule has 1 rings (SSSR count). The largest absolute Gasteiger partial charge is 0.466 e. The molecule has 2 amide bonds. The maximum absolute atomic E-state index is 11.8. The summed E-state index contributed by atoms with van der Waals surface area (Å²) in [5.74, 6) is -0.834. The molecule has 1 aromatic carbocycles. The third kappa shape index (κ3) is 5.64. The fourth-order valence-electron chi connectivity index (χ4n) is 1.66. The third-order valence-corrected chi connectivity index (χ3v) is 2.66. The average Bonchev–Trinajstić information content (AvgIpc) is 2.45. The number of amides is 2. The number of esters is 1. The second-order valence-corrected chi connectivity index (χ2v) is 4.63. The molecule has 6 heteroatoms. The highest BCUT2D eigenvalue weighted by atomic mass is 16.5. The maximum atomic E-state index is 11.8. The van der Waals surface area contributed by atoms with Gasteiger partial charge in [0.25, 0.3) is 5.91 Å². The Morgan fingerprint density at radius 2 is 1.90 bits per heavy atom. The van der Waals surface area contributed by atoms with E-state index in [2.05, 4.69) is 5.32 Å². The molecule has 0 saturated heterocycles. The Morgan fingerprint density at radius 1 is 1.19 bits per heavy atom. The summed E-state index contributed by atoms with van der Waals surface area (Å²) in [6, 6.07) is 6.66. The first-order valence-corrected chi connectivity index (χ1v) is 6.71. The van der Waals surface area contributed by atoms with E-state index in [9.17, 15) is 14.4 Å². The van der Waals surface area contributed by atoms with Gasteiger partial charge >= 0.3 is 5.97 Å². The molecular weight excluding hydrogens is 272 g/mol. The van der Waals surface area contributed by atoms with E-state index in [1.165, 1.54) is 4.90 Å². The van der Waals surface area contributed by atoms with Crippen molar-refractivity contribution in [2.24, 2.45) is 0 Å². The molecule has 0 bridgehead atoms. The normalized spacial score (nSPS) is 9.86. The molecule has 0 saturated carbocycles. The third-order valence-electron chi connectivity index (χ3n) is 2.66. The molecule has 0 atom stereocenters. The highest BCUT2D eigenvalue weighted by Gasteiger charge is 2.11. The Bertz CT molecular complexity index is 526. The van der Waals surface area contributed by atoms with Gasteiger partial charge in [-0.3, -0.25) is 14.4 Å². The van der Waals surface area contributed by atoms with E-state index in [0.29, 0.717) is 17.9 Å². The van der Waals surface area contributed by atoms with Crippen molar-refractivity contribution in [3.63, 3.8) is 0 Å². The minimum Gasteiger partial charge on any atom is -0.466 e. The van der Waals surface area contributed by atoms with Crippen LogP contribution in [0.1, 0.15) is 30.1 Å². The predicted molar refractivity (Wildman–Crippen MR) is 79.0 cm³/mol. The van der Waals surface area contributed by atoms with Crippen molar-refractivity contribution in [1.29, 1.82) is 0 Å². The van der Waals surface area contributed by atoms with E-state index < -0.39 is 5.97 Å². The smallest absolute Gasteiger partial charge is 0.306 e. The topological polar surface area (TPSA) is 75.7 Å². The number of carbonyl (C=O) groups is 3. The second kappa shape index (κ2) is 8.04. The number of hydrogen-bond acceptors (Lipinski definition) is 4. The molecule has 0 fully saturated rings. The van der Waals surface area contributed by atoms with Crippen molar-refractivity contribution in [2.45, 2.75) is 19.8 Å².